The number of anilines is 1. The highest BCUT2D eigenvalue weighted by atomic mass is 35.5. The van der Waals surface area contributed by atoms with E-state index in [0.717, 1.165) is 11.6 Å². The van der Waals surface area contributed by atoms with Crippen molar-refractivity contribution in [2.75, 3.05) is 11.9 Å². The zero-order valence-corrected chi connectivity index (χ0v) is 13.2. The standard InChI is InChI=1S/C16H25ClN2/c1-16(2,3)18-11-12-7-5-10-14(17)15(12)19(4)13-8-6-9-13/h5,7,10,13,18H,6,8-9,11H2,1-4H3. The SMILES string of the molecule is CN(c1c(Cl)cccc1CNC(C)(C)C)C1CCC1. The molecule has 1 aliphatic rings. The van der Waals surface area contributed by atoms with Gasteiger partial charge in [-0.15, -0.1) is 0 Å². The second-order valence-electron chi connectivity index (χ2n) is 6.55. The minimum Gasteiger partial charge on any atom is -0.370 e. The molecular weight excluding hydrogens is 256 g/mol. The Labute approximate surface area is 122 Å². The summed E-state index contributed by atoms with van der Waals surface area (Å²) in [7, 11) is 2.17. The van der Waals surface area contributed by atoms with Crippen LogP contribution in [0, 0.1) is 0 Å². The van der Waals surface area contributed by atoms with Crippen LogP contribution in [-0.2, 0) is 6.54 Å². The van der Waals surface area contributed by atoms with Crippen molar-refractivity contribution in [3.05, 3.63) is 28.8 Å². The fraction of sp³-hybridized carbons (Fsp3) is 0.625. The molecule has 2 nitrogen and oxygen atoms in total. The van der Waals surface area contributed by atoms with Crippen molar-refractivity contribution in [1.82, 2.24) is 5.32 Å². The second-order valence-corrected chi connectivity index (χ2v) is 6.95. The van der Waals surface area contributed by atoms with E-state index in [9.17, 15) is 0 Å². The summed E-state index contributed by atoms with van der Waals surface area (Å²) in [6.07, 6.45) is 3.91. The van der Waals surface area contributed by atoms with Crippen molar-refractivity contribution in [2.24, 2.45) is 0 Å². The lowest BCUT2D eigenvalue weighted by Crippen LogP contribution is -2.39. The van der Waals surface area contributed by atoms with E-state index in [1.165, 1.54) is 30.5 Å². The van der Waals surface area contributed by atoms with Gasteiger partial charge in [0.15, 0.2) is 0 Å². The lowest BCUT2D eigenvalue weighted by molar-refractivity contribution is 0.398. The zero-order chi connectivity index (χ0) is 14.0. The molecule has 0 saturated heterocycles. The fourth-order valence-electron chi connectivity index (χ4n) is 2.41. The fourth-order valence-corrected chi connectivity index (χ4v) is 2.74. The molecule has 2 rings (SSSR count). The third-order valence-electron chi connectivity index (χ3n) is 3.85. The van der Waals surface area contributed by atoms with Gasteiger partial charge in [-0.2, -0.15) is 0 Å². The van der Waals surface area contributed by atoms with Gasteiger partial charge in [0.1, 0.15) is 0 Å². The average Bonchev–Trinajstić information content (AvgIpc) is 2.22. The van der Waals surface area contributed by atoms with Crippen LogP contribution in [0.3, 0.4) is 0 Å². The third kappa shape index (κ3) is 3.64. The van der Waals surface area contributed by atoms with E-state index in [0.29, 0.717) is 6.04 Å². The van der Waals surface area contributed by atoms with Crippen molar-refractivity contribution in [2.45, 2.75) is 58.2 Å². The molecule has 0 unspecified atom stereocenters. The van der Waals surface area contributed by atoms with Crippen molar-refractivity contribution in [3.8, 4) is 0 Å². The van der Waals surface area contributed by atoms with E-state index in [1.807, 2.05) is 12.1 Å². The minimum absolute atomic E-state index is 0.120. The van der Waals surface area contributed by atoms with E-state index in [4.69, 9.17) is 11.6 Å². The van der Waals surface area contributed by atoms with E-state index < -0.39 is 0 Å². The predicted octanol–water partition coefficient (Wildman–Crippen LogP) is 4.22. The Balaban J connectivity index is 2.20. The monoisotopic (exact) mass is 280 g/mol. The number of hydrogen-bond donors (Lipinski definition) is 1. The van der Waals surface area contributed by atoms with Crippen molar-refractivity contribution in [1.29, 1.82) is 0 Å². The first-order valence-corrected chi connectivity index (χ1v) is 7.51. The Bertz CT molecular complexity index is 433. The summed E-state index contributed by atoms with van der Waals surface area (Å²) in [5.41, 5.74) is 2.61. The summed E-state index contributed by atoms with van der Waals surface area (Å²) in [6.45, 7) is 7.42. The summed E-state index contributed by atoms with van der Waals surface area (Å²) < 4.78 is 0. The smallest absolute Gasteiger partial charge is 0.0642 e. The van der Waals surface area contributed by atoms with Crippen LogP contribution >= 0.6 is 11.6 Å². The topological polar surface area (TPSA) is 15.3 Å². The molecular formula is C16H25ClN2. The van der Waals surface area contributed by atoms with Gasteiger partial charge in [-0.3, -0.25) is 0 Å². The molecule has 0 atom stereocenters. The molecule has 0 aromatic heterocycles. The molecule has 1 N–H and O–H groups in total. The maximum absolute atomic E-state index is 6.43. The van der Waals surface area contributed by atoms with Crippen molar-refractivity contribution in [3.63, 3.8) is 0 Å². The molecule has 0 bridgehead atoms. The molecule has 1 fully saturated rings. The summed E-state index contributed by atoms with van der Waals surface area (Å²) in [5, 5.41) is 4.41. The van der Waals surface area contributed by atoms with Crippen LogP contribution in [0.5, 0.6) is 0 Å². The van der Waals surface area contributed by atoms with E-state index >= 15 is 0 Å². The van der Waals surface area contributed by atoms with Gasteiger partial charge < -0.3 is 10.2 Å². The molecule has 0 amide bonds. The second kappa shape index (κ2) is 5.72. The van der Waals surface area contributed by atoms with E-state index in [2.05, 4.69) is 44.1 Å². The molecule has 1 aromatic carbocycles. The number of hydrogen-bond acceptors (Lipinski definition) is 2. The normalized spacial score (nSPS) is 16.3. The number of rotatable bonds is 4. The molecule has 1 aliphatic carbocycles. The Morgan fingerprint density at radius 2 is 2.00 bits per heavy atom. The van der Waals surface area contributed by atoms with Crippen molar-refractivity contribution >= 4 is 17.3 Å². The van der Waals surface area contributed by atoms with E-state index in [-0.39, 0.29) is 5.54 Å². The Morgan fingerprint density at radius 3 is 2.53 bits per heavy atom. The van der Waals surface area contributed by atoms with Gasteiger partial charge in [-0.25, -0.2) is 0 Å². The molecule has 1 aromatic rings. The highest BCUT2D eigenvalue weighted by molar-refractivity contribution is 6.33. The molecule has 0 aliphatic heterocycles. The molecule has 19 heavy (non-hydrogen) atoms. The van der Waals surface area contributed by atoms with Crippen LogP contribution in [0.15, 0.2) is 18.2 Å². The summed E-state index contributed by atoms with van der Waals surface area (Å²) in [4.78, 5) is 2.37. The first kappa shape index (κ1) is 14.7. The lowest BCUT2D eigenvalue weighted by Gasteiger charge is -2.38. The van der Waals surface area contributed by atoms with Crippen molar-refractivity contribution < 1.29 is 0 Å². The van der Waals surface area contributed by atoms with Gasteiger partial charge in [0.05, 0.1) is 10.7 Å². The lowest BCUT2D eigenvalue weighted by atomic mass is 9.91. The molecule has 3 heteroatoms. The van der Waals surface area contributed by atoms with Crippen LogP contribution in [0.2, 0.25) is 5.02 Å². The molecule has 1 saturated carbocycles. The maximum Gasteiger partial charge on any atom is 0.0642 e. The van der Waals surface area contributed by atoms with Crippen LogP contribution in [0.4, 0.5) is 5.69 Å². The Hall–Kier alpha value is -0.730. The van der Waals surface area contributed by atoms with Gasteiger partial charge in [0.25, 0.3) is 0 Å². The number of nitrogens with one attached hydrogen (secondary N) is 1. The Kier molecular flexibility index (Phi) is 4.42. The van der Waals surface area contributed by atoms with Gasteiger partial charge in [0.2, 0.25) is 0 Å². The largest absolute Gasteiger partial charge is 0.370 e. The molecule has 0 radical (unpaired) electrons. The van der Waals surface area contributed by atoms with Crippen LogP contribution < -0.4 is 10.2 Å². The van der Waals surface area contributed by atoms with Gasteiger partial charge in [0, 0.05) is 25.2 Å². The van der Waals surface area contributed by atoms with Crippen LogP contribution in [-0.4, -0.2) is 18.6 Å². The van der Waals surface area contributed by atoms with Gasteiger partial charge in [-0.05, 0) is 51.7 Å². The Morgan fingerprint density at radius 1 is 1.32 bits per heavy atom. The summed E-state index contributed by atoms with van der Waals surface area (Å²) in [6, 6.07) is 6.87. The van der Waals surface area contributed by atoms with Crippen LogP contribution in [0.1, 0.15) is 45.6 Å². The first-order valence-electron chi connectivity index (χ1n) is 7.14. The summed E-state index contributed by atoms with van der Waals surface area (Å²) >= 11 is 6.43. The highest BCUT2D eigenvalue weighted by Crippen LogP contribution is 2.35. The maximum atomic E-state index is 6.43. The van der Waals surface area contributed by atoms with E-state index in [1.54, 1.807) is 0 Å². The average molecular weight is 281 g/mol. The quantitative estimate of drug-likeness (QED) is 0.888. The zero-order valence-electron chi connectivity index (χ0n) is 12.5. The number of nitrogens with zero attached hydrogens (tertiary/aromatic N) is 1. The number of halogens is 1. The predicted molar refractivity (Wildman–Crippen MR) is 84.1 cm³/mol. The molecule has 106 valence electrons. The summed E-state index contributed by atoms with van der Waals surface area (Å²) in [5.74, 6) is 0. The molecule has 0 spiro atoms. The molecule has 0 heterocycles. The highest BCUT2D eigenvalue weighted by Gasteiger charge is 2.25. The number of benzene rings is 1. The van der Waals surface area contributed by atoms with Crippen LogP contribution in [0.25, 0.3) is 0 Å². The van der Waals surface area contributed by atoms with Gasteiger partial charge >= 0.3 is 0 Å². The minimum atomic E-state index is 0.120. The third-order valence-corrected chi connectivity index (χ3v) is 4.16. The number of para-hydroxylation sites is 1. The first-order chi connectivity index (χ1) is 8.88. The van der Waals surface area contributed by atoms with Gasteiger partial charge in [-0.1, -0.05) is 23.7 Å².